The zero-order chi connectivity index (χ0) is 14.6. The summed E-state index contributed by atoms with van der Waals surface area (Å²) in [4.78, 5) is 11.8. The topological polar surface area (TPSA) is 63.2 Å². The van der Waals surface area contributed by atoms with Gasteiger partial charge < -0.3 is 5.32 Å². The normalized spacial score (nSPS) is 14.7. The minimum Gasteiger partial charge on any atom is -0.349 e. The number of rotatable bonds is 5. The first-order valence-electron chi connectivity index (χ1n) is 6.00. The molecule has 0 heterocycles. The zero-order valence-electron chi connectivity index (χ0n) is 11.2. The van der Waals surface area contributed by atoms with Gasteiger partial charge >= 0.3 is 0 Å². The molecule has 0 spiro atoms. The zero-order valence-corrected chi connectivity index (χ0v) is 13.6. The second kappa shape index (κ2) is 6.52. The van der Waals surface area contributed by atoms with Crippen molar-refractivity contribution in [1.82, 2.24) is 5.32 Å². The summed E-state index contributed by atoms with van der Waals surface area (Å²) in [5.74, 6) is -0.0674. The summed E-state index contributed by atoms with van der Waals surface area (Å²) >= 11 is 3.29. The lowest BCUT2D eigenvalue weighted by molar-refractivity contribution is -0.121. The highest BCUT2D eigenvalue weighted by Crippen LogP contribution is 2.17. The monoisotopic (exact) mass is 347 g/mol. The fourth-order valence-corrected chi connectivity index (χ4v) is 2.34. The predicted octanol–water partition coefficient (Wildman–Crippen LogP) is 2.44. The molecule has 0 aliphatic rings. The Bertz CT molecular complexity index is 540. The third-order valence-electron chi connectivity index (χ3n) is 2.81. The van der Waals surface area contributed by atoms with Crippen LogP contribution in [-0.2, 0) is 14.6 Å². The predicted molar refractivity (Wildman–Crippen MR) is 79.1 cm³/mol. The molecule has 0 aliphatic carbocycles. The molecule has 4 nitrogen and oxygen atoms in total. The van der Waals surface area contributed by atoms with Gasteiger partial charge in [-0.15, -0.1) is 0 Å². The van der Waals surface area contributed by atoms with Gasteiger partial charge in [-0.05, 0) is 31.0 Å². The van der Waals surface area contributed by atoms with E-state index in [0.717, 1.165) is 5.56 Å². The van der Waals surface area contributed by atoms with Crippen molar-refractivity contribution >= 4 is 31.7 Å². The number of carbonyl (C=O) groups is 1. The molecule has 106 valence electrons. The number of amides is 1. The summed E-state index contributed by atoms with van der Waals surface area (Å²) in [6.45, 7) is 3.79. The van der Waals surface area contributed by atoms with E-state index < -0.39 is 9.84 Å². The van der Waals surface area contributed by atoms with Crippen molar-refractivity contribution < 1.29 is 13.2 Å². The van der Waals surface area contributed by atoms with E-state index in [0.29, 0.717) is 6.42 Å². The number of carbonyl (C=O) groups excluding carboxylic acids is 1. The van der Waals surface area contributed by atoms with Gasteiger partial charge in [0.2, 0.25) is 5.91 Å². The maximum atomic E-state index is 11.7. The summed E-state index contributed by atoms with van der Waals surface area (Å²) in [5.41, 5.74) is 0.872. The van der Waals surface area contributed by atoms with Gasteiger partial charge in [0.15, 0.2) is 9.84 Å². The van der Waals surface area contributed by atoms with Crippen LogP contribution in [0.15, 0.2) is 29.2 Å². The van der Waals surface area contributed by atoms with Crippen molar-refractivity contribution in [2.45, 2.75) is 36.0 Å². The van der Waals surface area contributed by atoms with Crippen LogP contribution in [0.3, 0.4) is 0 Å². The Kier molecular flexibility index (Phi) is 5.55. The smallest absolute Gasteiger partial charge is 0.234 e. The molecule has 2 atom stereocenters. The van der Waals surface area contributed by atoms with E-state index in [1.807, 2.05) is 13.8 Å². The van der Waals surface area contributed by atoms with Crippen LogP contribution in [0.4, 0.5) is 0 Å². The molecule has 1 aromatic carbocycles. The van der Waals surface area contributed by atoms with E-state index >= 15 is 0 Å². The van der Waals surface area contributed by atoms with Crippen LogP contribution in [0.5, 0.6) is 0 Å². The van der Waals surface area contributed by atoms with Crippen LogP contribution in [0.1, 0.15) is 31.9 Å². The lowest BCUT2D eigenvalue weighted by Crippen LogP contribution is -2.32. The number of benzene rings is 1. The number of hydrogen-bond acceptors (Lipinski definition) is 3. The summed E-state index contributed by atoms with van der Waals surface area (Å²) in [7, 11) is -3.18. The molecule has 0 bridgehead atoms. The van der Waals surface area contributed by atoms with E-state index in [1.165, 1.54) is 6.26 Å². The number of halogens is 1. The summed E-state index contributed by atoms with van der Waals surface area (Å²) < 4.78 is 22.7. The molecule has 1 aromatic rings. The fourth-order valence-electron chi connectivity index (χ4n) is 1.58. The Morgan fingerprint density at radius 2 is 1.84 bits per heavy atom. The molecule has 0 aliphatic heterocycles. The molecule has 0 saturated heterocycles. The Balaban J connectivity index is 2.79. The summed E-state index contributed by atoms with van der Waals surface area (Å²) in [6, 6.07) is 6.39. The van der Waals surface area contributed by atoms with Gasteiger partial charge in [-0.2, -0.15) is 0 Å². The maximum Gasteiger partial charge on any atom is 0.234 e. The number of alkyl halides is 1. The van der Waals surface area contributed by atoms with Crippen LogP contribution in [0.25, 0.3) is 0 Å². The van der Waals surface area contributed by atoms with Crippen LogP contribution in [-0.4, -0.2) is 25.4 Å². The van der Waals surface area contributed by atoms with Crippen LogP contribution >= 0.6 is 15.9 Å². The molecule has 0 aromatic heterocycles. The molecule has 1 amide bonds. The van der Waals surface area contributed by atoms with E-state index in [9.17, 15) is 13.2 Å². The Morgan fingerprint density at radius 1 is 1.32 bits per heavy atom. The molecule has 2 unspecified atom stereocenters. The molecule has 0 fully saturated rings. The average molecular weight is 348 g/mol. The second-order valence-corrected chi connectivity index (χ2v) is 7.57. The molecule has 19 heavy (non-hydrogen) atoms. The Morgan fingerprint density at radius 3 is 2.26 bits per heavy atom. The Labute approximate surface area is 122 Å². The molecule has 1 N–H and O–H groups in total. The van der Waals surface area contributed by atoms with Crippen LogP contribution < -0.4 is 5.32 Å². The highest BCUT2D eigenvalue weighted by molar-refractivity contribution is 9.10. The van der Waals surface area contributed by atoms with E-state index in [4.69, 9.17) is 0 Å². The molecular weight excluding hydrogens is 330 g/mol. The quantitative estimate of drug-likeness (QED) is 0.832. The van der Waals surface area contributed by atoms with E-state index in [-0.39, 0.29) is 21.7 Å². The summed E-state index contributed by atoms with van der Waals surface area (Å²) in [5, 5.41) is 2.87. The third kappa shape index (κ3) is 4.62. The van der Waals surface area contributed by atoms with Gasteiger partial charge in [-0.3, -0.25) is 4.79 Å². The molecule has 6 heteroatoms. The number of sulfone groups is 1. The highest BCUT2D eigenvalue weighted by Gasteiger charge is 2.16. The SMILES string of the molecule is CCC(Br)C(=O)NC(C)c1ccc(S(C)(=O)=O)cc1. The van der Waals surface area contributed by atoms with Crippen molar-refractivity contribution in [2.24, 2.45) is 0 Å². The van der Waals surface area contributed by atoms with Crippen molar-refractivity contribution in [3.8, 4) is 0 Å². The lowest BCUT2D eigenvalue weighted by Gasteiger charge is -2.16. The summed E-state index contributed by atoms with van der Waals surface area (Å²) in [6.07, 6.45) is 1.88. The van der Waals surface area contributed by atoms with Gasteiger partial charge in [0.05, 0.1) is 15.8 Å². The first-order valence-corrected chi connectivity index (χ1v) is 8.81. The van der Waals surface area contributed by atoms with Gasteiger partial charge in [0, 0.05) is 6.26 Å². The average Bonchev–Trinajstić information content (AvgIpc) is 2.36. The molecule has 0 radical (unpaired) electrons. The van der Waals surface area contributed by atoms with E-state index in [2.05, 4.69) is 21.2 Å². The standard InChI is InChI=1S/C13H18BrNO3S/c1-4-12(14)13(16)15-9(2)10-5-7-11(8-6-10)19(3,17)18/h5-9,12H,4H2,1-3H3,(H,15,16). The van der Waals surface area contributed by atoms with Gasteiger partial charge in [0.1, 0.15) is 0 Å². The van der Waals surface area contributed by atoms with Crippen molar-refractivity contribution in [1.29, 1.82) is 0 Å². The third-order valence-corrected chi connectivity index (χ3v) is 5.00. The highest BCUT2D eigenvalue weighted by atomic mass is 79.9. The van der Waals surface area contributed by atoms with Gasteiger partial charge in [0.25, 0.3) is 0 Å². The molecule has 1 rings (SSSR count). The lowest BCUT2D eigenvalue weighted by atomic mass is 10.1. The van der Waals surface area contributed by atoms with Crippen LogP contribution in [0, 0.1) is 0 Å². The second-order valence-electron chi connectivity index (χ2n) is 4.45. The van der Waals surface area contributed by atoms with Crippen molar-refractivity contribution in [2.75, 3.05) is 6.26 Å². The first-order chi connectivity index (χ1) is 8.75. The molecular formula is C13H18BrNO3S. The number of nitrogens with one attached hydrogen (secondary N) is 1. The largest absolute Gasteiger partial charge is 0.349 e. The fraction of sp³-hybridized carbons (Fsp3) is 0.462. The minimum absolute atomic E-state index is 0.0674. The molecule has 0 saturated carbocycles. The number of hydrogen-bond donors (Lipinski definition) is 1. The van der Waals surface area contributed by atoms with Gasteiger partial charge in [-0.25, -0.2) is 8.42 Å². The maximum absolute atomic E-state index is 11.7. The van der Waals surface area contributed by atoms with Gasteiger partial charge in [-0.1, -0.05) is 35.0 Å². The Hall–Kier alpha value is -0.880. The first kappa shape index (κ1) is 16.2. The minimum atomic E-state index is -3.18. The van der Waals surface area contributed by atoms with Crippen molar-refractivity contribution in [3.05, 3.63) is 29.8 Å². The van der Waals surface area contributed by atoms with Crippen LogP contribution in [0.2, 0.25) is 0 Å². The van der Waals surface area contributed by atoms with Crippen molar-refractivity contribution in [3.63, 3.8) is 0 Å². The van der Waals surface area contributed by atoms with E-state index in [1.54, 1.807) is 24.3 Å².